The largest absolute Gasteiger partial charge is 0.457 e. The van der Waals surface area contributed by atoms with Gasteiger partial charge in [-0.15, -0.1) is 0 Å². The van der Waals surface area contributed by atoms with Crippen LogP contribution in [0.1, 0.15) is 28.7 Å². The topological polar surface area (TPSA) is 63.5 Å². The molecule has 1 atom stereocenters. The van der Waals surface area contributed by atoms with Crippen LogP contribution in [0, 0.1) is 0 Å². The molecule has 4 aromatic rings. The molecule has 5 heteroatoms. The molecule has 3 aromatic carbocycles. The summed E-state index contributed by atoms with van der Waals surface area (Å²) in [6.07, 6.45) is 1.12. The molecule has 1 aliphatic rings. The summed E-state index contributed by atoms with van der Waals surface area (Å²) in [5.74, 6) is 0.736. The van der Waals surface area contributed by atoms with E-state index in [1.807, 2.05) is 90.6 Å². The second-order valence-electron chi connectivity index (χ2n) is 7.58. The van der Waals surface area contributed by atoms with Crippen LogP contribution in [-0.4, -0.2) is 22.1 Å². The molecule has 1 aromatic heterocycles. The lowest BCUT2D eigenvalue weighted by Crippen LogP contribution is -2.34. The molecule has 0 radical (unpaired) electrons. The van der Waals surface area contributed by atoms with Crippen molar-refractivity contribution in [2.45, 2.75) is 12.0 Å². The molecule has 0 saturated heterocycles. The molecule has 5 nitrogen and oxygen atoms in total. The smallest absolute Gasteiger partial charge is 0.232 e. The first-order valence-electron chi connectivity index (χ1n) is 9.99. The molecular weight excluding hydrogens is 376 g/mol. The number of aromatic nitrogens is 1. The summed E-state index contributed by atoms with van der Waals surface area (Å²) in [5, 5.41) is 14.8. The van der Waals surface area contributed by atoms with Crippen molar-refractivity contribution >= 4 is 16.8 Å². The minimum atomic E-state index is -0.801. The van der Waals surface area contributed by atoms with Crippen molar-refractivity contribution < 1.29 is 14.6 Å². The lowest BCUT2D eigenvalue weighted by atomic mass is 9.87. The lowest BCUT2D eigenvalue weighted by Gasteiger charge is -2.27. The number of carbonyl (C=O) groups excluding carboxylic acids is 1. The van der Waals surface area contributed by atoms with E-state index in [-0.39, 0.29) is 12.5 Å². The van der Waals surface area contributed by atoms with E-state index in [1.165, 1.54) is 0 Å². The summed E-state index contributed by atoms with van der Waals surface area (Å²) in [7, 11) is 1.95. The van der Waals surface area contributed by atoms with Crippen molar-refractivity contribution in [3.8, 4) is 11.5 Å². The Balaban J connectivity index is 1.41. The van der Waals surface area contributed by atoms with Crippen LogP contribution in [-0.2, 0) is 11.8 Å². The van der Waals surface area contributed by atoms with Gasteiger partial charge >= 0.3 is 0 Å². The van der Waals surface area contributed by atoms with Gasteiger partial charge in [0.1, 0.15) is 11.5 Å². The van der Waals surface area contributed by atoms with Gasteiger partial charge < -0.3 is 19.7 Å². The van der Waals surface area contributed by atoms with Crippen molar-refractivity contribution in [3.63, 3.8) is 0 Å². The zero-order valence-corrected chi connectivity index (χ0v) is 16.6. The third-order valence-electron chi connectivity index (χ3n) is 5.70. The van der Waals surface area contributed by atoms with E-state index in [0.717, 1.165) is 27.6 Å². The van der Waals surface area contributed by atoms with E-state index in [0.29, 0.717) is 11.5 Å². The third-order valence-corrected chi connectivity index (χ3v) is 5.70. The Morgan fingerprint density at radius 3 is 2.30 bits per heavy atom. The summed E-state index contributed by atoms with van der Waals surface area (Å²) in [4.78, 5) is 13.2. The van der Waals surface area contributed by atoms with Gasteiger partial charge in [0.25, 0.3) is 0 Å². The van der Waals surface area contributed by atoms with E-state index in [4.69, 9.17) is 4.74 Å². The zero-order chi connectivity index (χ0) is 20.7. The fourth-order valence-electron chi connectivity index (χ4n) is 4.24. The average molecular weight is 398 g/mol. The number of rotatable bonds is 4. The number of benzene rings is 3. The van der Waals surface area contributed by atoms with Gasteiger partial charge in [0.2, 0.25) is 5.91 Å². The molecule has 150 valence electrons. The maximum Gasteiger partial charge on any atom is 0.232 e. The molecule has 0 aliphatic carbocycles. The molecule has 1 amide bonds. The van der Waals surface area contributed by atoms with E-state index >= 15 is 0 Å². The fraction of sp³-hybridized carbons (Fsp3) is 0.160. The van der Waals surface area contributed by atoms with Gasteiger partial charge in [-0.3, -0.25) is 4.79 Å². The molecule has 2 heterocycles. The summed E-state index contributed by atoms with van der Waals surface area (Å²) >= 11 is 0. The Labute approximate surface area is 174 Å². The highest BCUT2D eigenvalue weighted by Crippen LogP contribution is 2.43. The van der Waals surface area contributed by atoms with Gasteiger partial charge in [0.05, 0.1) is 12.0 Å². The molecule has 0 bridgehead atoms. The molecule has 5 rings (SSSR count). The number of nitrogens with one attached hydrogen (secondary N) is 1. The first-order valence-corrected chi connectivity index (χ1v) is 9.99. The van der Waals surface area contributed by atoms with Gasteiger partial charge in [0, 0.05) is 47.4 Å². The number of hydrogen-bond donors (Lipinski definition) is 2. The zero-order valence-electron chi connectivity index (χ0n) is 16.6. The predicted octanol–water partition coefficient (Wildman–Crippen LogP) is 4.27. The SMILES string of the molecule is Cn1cc(C(O)CNC(=O)C2c3ccccc3Oc3ccccc32)c2ccccc21. The minimum absolute atomic E-state index is 0.133. The monoisotopic (exact) mass is 398 g/mol. The van der Waals surface area contributed by atoms with Gasteiger partial charge in [-0.05, 0) is 18.2 Å². The summed E-state index contributed by atoms with van der Waals surface area (Å²) < 4.78 is 7.96. The Hall–Kier alpha value is -3.57. The summed E-state index contributed by atoms with van der Waals surface area (Å²) in [6.45, 7) is 0.133. The number of para-hydroxylation sites is 3. The maximum absolute atomic E-state index is 13.2. The van der Waals surface area contributed by atoms with Crippen LogP contribution < -0.4 is 10.1 Å². The van der Waals surface area contributed by atoms with E-state index in [9.17, 15) is 9.90 Å². The highest BCUT2D eigenvalue weighted by atomic mass is 16.5. The predicted molar refractivity (Wildman–Crippen MR) is 116 cm³/mol. The van der Waals surface area contributed by atoms with Crippen LogP contribution in [0.25, 0.3) is 10.9 Å². The van der Waals surface area contributed by atoms with E-state index in [2.05, 4.69) is 5.32 Å². The Kier molecular flexibility index (Phi) is 4.52. The van der Waals surface area contributed by atoms with Crippen LogP contribution in [0.3, 0.4) is 0 Å². The van der Waals surface area contributed by atoms with Crippen LogP contribution in [0.2, 0.25) is 0 Å². The third kappa shape index (κ3) is 3.04. The fourth-order valence-corrected chi connectivity index (χ4v) is 4.24. The Morgan fingerprint density at radius 2 is 1.60 bits per heavy atom. The normalized spacial score (nSPS) is 13.9. The highest BCUT2D eigenvalue weighted by Gasteiger charge is 2.32. The second-order valence-corrected chi connectivity index (χ2v) is 7.58. The van der Waals surface area contributed by atoms with Crippen molar-refractivity contribution in [3.05, 3.63) is 95.7 Å². The van der Waals surface area contributed by atoms with Gasteiger partial charge in [-0.2, -0.15) is 0 Å². The minimum Gasteiger partial charge on any atom is -0.457 e. The van der Waals surface area contributed by atoms with Gasteiger partial charge in [-0.1, -0.05) is 54.6 Å². The van der Waals surface area contributed by atoms with Crippen molar-refractivity contribution in [1.82, 2.24) is 9.88 Å². The quantitative estimate of drug-likeness (QED) is 0.540. The molecule has 0 fully saturated rings. The molecular formula is C25H22N2O3. The summed E-state index contributed by atoms with van der Waals surface area (Å²) in [5.41, 5.74) is 3.51. The van der Waals surface area contributed by atoms with Crippen LogP contribution in [0.5, 0.6) is 11.5 Å². The molecule has 30 heavy (non-hydrogen) atoms. The number of hydrogen-bond acceptors (Lipinski definition) is 3. The number of carbonyl (C=O) groups is 1. The maximum atomic E-state index is 13.2. The number of aryl methyl sites for hydroxylation is 1. The Morgan fingerprint density at radius 1 is 1.00 bits per heavy atom. The molecule has 1 aliphatic heterocycles. The number of amides is 1. The standard InChI is InChI=1S/C25H22N2O3/c1-27-15-19(16-8-2-5-11-20(16)27)21(28)14-26-25(29)24-17-9-3-6-12-22(17)30-23-13-7-4-10-18(23)24/h2-13,15,21,24,28H,14H2,1H3,(H,26,29). The number of fused-ring (bicyclic) bond motifs is 3. The van der Waals surface area contributed by atoms with Crippen LogP contribution in [0.4, 0.5) is 0 Å². The first-order chi connectivity index (χ1) is 14.6. The van der Waals surface area contributed by atoms with Gasteiger partial charge in [0.15, 0.2) is 0 Å². The van der Waals surface area contributed by atoms with Crippen molar-refractivity contribution in [2.75, 3.05) is 6.54 Å². The van der Waals surface area contributed by atoms with Crippen molar-refractivity contribution in [2.24, 2.45) is 7.05 Å². The second kappa shape index (κ2) is 7.35. The van der Waals surface area contributed by atoms with Gasteiger partial charge in [-0.25, -0.2) is 0 Å². The van der Waals surface area contributed by atoms with E-state index in [1.54, 1.807) is 0 Å². The molecule has 1 unspecified atom stereocenters. The lowest BCUT2D eigenvalue weighted by molar-refractivity contribution is -0.122. The number of ether oxygens (including phenoxy) is 1. The molecule has 2 N–H and O–H groups in total. The number of nitrogens with zero attached hydrogens (tertiary/aromatic N) is 1. The highest BCUT2D eigenvalue weighted by molar-refractivity contribution is 5.90. The number of aliphatic hydroxyl groups excluding tert-OH is 1. The van der Waals surface area contributed by atoms with Crippen LogP contribution in [0.15, 0.2) is 79.0 Å². The average Bonchev–Trinajstić information content (AvgIpc) is 3.12. The summed E-state index contributed by atoms with van der Waals surface area (Å²) in [6, 6.07) is 23.1. The molecule has 0 saturated carbocycles. The van der Waals surface area contributed by atoms with E-state index < -0.39 is 12.0 Å². The first kappa shape index (κ1) is 18.5. The molecule has 0 spiro atoms. The number of aliphatic hydroxyl groups is 1. The van der Waals surface area contributed by atoms with Crippen LogP contribution >= 0.6 is 0 Å². The Bertz CT molecular complexity index is 1200. The van der Waals surface area contributed by atoms with Crippen molar-refractivity contribution in [1.29, 1.82) is 0 Å².